The number of hydrogen-bond donors (Lipinski definition) is 1. The largest absolute Gasteiger partial charge is 0.379 e. The van der Waals surface area contributed by atoms with Gasteiger partial charge in [0.05, 0.1) is 30.5 Å². The van der Waals surface area contributed by atoms with Crippen molar-refractivity contribution in [1.82, 2.24) is 9.62 Å². The highest BCUT2D eigenvalue weighted by atomic mass is 32.2. The molecule has 2 saturated heterocycles. The highest BCUT2D eigenvalue weighted by Crippen LogP contribution is 2.22. The van der Waals surface area contributed by atoms with Crippen LogP contribution in [0.15, 0.2) is 0 Å². The Morgan fingerprint density at radius 1 is 1.25 bits per heavy atom. The predicted molar refractivity (Wildman–Crippen MR) is 89.8 cm³/mol. The molecule has 2 heterocycles. The van der Waals surface area contributed by atoms with Gasteiger partial charge >= 0.3 is 0 Å². The molecule has 1 N–H and O–H groups in total. The second-order valence-corrected chi connectivity index (χ2v) is 10.7. The number of ether oxygens (including phenoxy) is 1. The van der Waals surface area contributed by atoms with Gasteiger partial charge in [-0.15, -0.1) is 0 Å². The summed E-state index contributed by atoms with van der Waals surface area (Å²) in [4.78, 5) is 11.8. The lowest BCUT2D eigenvalue weighted by Gasteiger charge is -2.25. The highest BCUT2D eigenvalue weighted by Gasteiger charge is 2.27. The van der Waals surface area contributed by atoms with Gasteiger partial charge in [0.15, 0.2) is 9.84 Å². The molecule has 0 bridgehead atoms. The zero-order chi connectivity index (χ0) is 17.6. The molecule has 0 radical (unpaired) electrons. The number of morpholine rings is 1. The fourth-order valence-electron chi connectivity index (χ4n) is 2.98. The van der Waals surface area contributed by atoms with Crippen LogP contribution in [0.1, 0.15) is 25.7 Å². The maximum Gasteiger partial charge on any atom is 0.221 e. The Morgan fingerprint density at radius 3 is 2.58 bits per heavy atom. The monoisotopic (exact) mass is 382 g/mol. The molecule has 140 valence electrons. The summed E-state index contributed by atoms with van der Waals surface area (Å²) in [6.45, 7) is 1.92. The summed E-state index contributed by atoms with van der Waals surface area (Å²) in [6.07, 6.45) is 2.12. The normalized spacial score (nSPS) is 24.8. The maximum absolute atomic E-state index is 12.1. The summed E-state index contributed by atoms with van der Waals surface area (Å²) >= 11 is 0. The molecule has 10 heteroatoms. The Morgan fingerprint density at radius 2 is 1.96 bits per heavy atom. The minimum atomic E-state index is -3.41. The van der Waals surface area contributed by atoms with E-state index in [0.717, 1.165) is 6.42 Å². The van der Waals surface area contributed by atoms with Crippen LogP contribution in [-0.2, 0) is 29.4 Å². The zero-order valence-electron chi connectivity index (χ0n) is 13.8. The first-order valence-electron chi connectivity index (χ1n) is 8.31. The van der Waals surface area contributed by atoms with Gasteiger partial charge in [0, 0.05) is 26.1 Å². The van der Waals surface area contributed by atoms with E-state index in [2.05, 4.69) is 5.32 Å². The molecule has 8 nitrogen and oxygen atoms in total. The summed E-state index contributed by atoms with van der Waals surface area (Å²) in [6, 6.07) is 0. The third-order valence-electron chi connectivity index (χ3n) is 4.39. The lowest BCUT2D eigenvalue weighted by Crippen LogP contribution is -2.42. The van der Waals surface area contributed by atoms with Crippen molar-refractivity contribution in [2.24, 2.45) is 5.92 Å². The Kier molecular flexibility index (Phi) is 7.02. The van der Waals surface area contributed by atoms with E-state index < -0.39 is 19.9 Å². The van der Waals surface area contributed by atoms with Crippen molar-refractivity contribution in [1.29, 1.82) is 0 Å². The number of nitrogens with zero attached hydrogens (tertiary/aromatic N) is 1. The van der Waals surface area contributed by atoms with Gasteiger partial charge in [0.1, 0.15) is 0 Å². The lowest BCUT2D eigenvalue weighted by molar-refractivity contribution is -0.120. The standard InChI is InChI=1S/C14H26N2O6S2/c17-14(4-11-24(20,21)16-6-8-22-9-7-16)15-5-1-2-13-3-10-23(18,19)12-13/h13H,1-12H2,(H,15,17). The van der Waals surface area contributed by atoms with Crippen LogP contribution in [0, 0.1) is 5.92 Å². The zero-order valence-corrected chi connectivity index (χ0v) is 15.4. The van der Waals surface area contributed by atoms with Crippen molar-refractivity contribution in [3.8, 4) is 0 Å². The number of rotatable bonds is 8. The van der Waals surface area contributed by atoms with Gasteiger partial charge in [-0.25, -0.2) is 16.8 Å². The summed E-state index contributed by atoms with van der Waals surface area (Å²) < 4.78 is 53.4. The molecular formula is C14H26N2O6S2. The maximum atomic E-state index is 12.1. The van der Waals surface area contributed by atoms with Crippen LogP contribution in [0.2, 0.25) is 0 Å². The molecular weight excluding hydrogens is 356 g/mol. The number of carbonyl (C=O) groups is 1. The van der Waals surface area contributed by atoms with Gasteiger partial charge in [-0.3, -0.25) is 4.79 Å². The van der Waals surface area contributed by atoms with E-state index in [1.165, 1.54) is 4.31 Å². The van der Waals surface area contributed by atoms with Gasteiger partial charge in [0.2, 0.25) is 15.9 Å². The molecule has 2 rings (SSSR count). The van der Waals surface area contributed by atoms with Crippen molar-refractivity contribution >= 4 is 25.8 Å². The van der Waals surface area contributed by atoms with Gasteiger partial charge in [0.25, 0.3) is 0 Å². The molecule has 24 heavy (non-hydrogen) atoms. The quantitative estimate of drug-likeness (QED) is 0.560. The number of sulfonamides is 1. The molecule has 0 aromatic carbocycles. The minimum absolute atomic E-state index is 0.0580. The third-order valence-corrected chi connectivity index (χ3v) is 8.10. The van der Waals surface area contributed by atoms with Crippen molar-refractivity contribution in [2.75, 3.05) is 50.1 Å². The van der Waals surface area contributed by atoms with Crippen molar-refractivity contribution in [3.05, 3.63) is 0 Å². The molecule has 2 aliphatic heterocycles. The molecule has 2 fully saturated rings. The number of hydrogen-bond acceptors (Lipinski definition) is 6. The van der Waals surface area contributed by atoms with E-state index in [-0.39, 0.29) is 35.5 Å². The highest BCUT2D eigenvalue weighted by molar-refractivity contribution is 7.91. The van der Waals surface area contributed by atoms with E-state index in [1.54, 1.807) is 0 Å². The van der Waals surface area contributed by atoms with Crippen molar-refractivity contribution in [2.45, 2.75) is 25.7 Å². The SMILES string of the molecule is O=C(CCS(=O)(=O)N1CCOCC1)NCCCC1CCS(=O)(=O)C1. The van der Waals surface area contributed by atoms with E-state index in [0.29, 0.717) is 45.7 Å². The van der Waals surface area contributed by atoms with Crippen molar-refractivity contribution in [3.63, 3.8) is 0 Å². The topological polar surface area (TPSA) is 110 Å². The fourth-order valence-corrected chi connectivity index (χ4v) is 6.30. The molecule has 1 unspecified atom stereocenters. The van der Waals surface area contributed by atoms with Crippen LogP contribution >= 0.6 is 0 Å². The molecule has 1 amide bonds. The minimum Gasteiger partial charge on any atom is -0.379 e. The Hall–Kier alpha value is -0.710. The summed E-state index contributed by atoms with van der Waals surface area (Å²) in [7, 11) is -6.26. The second kappa shape index (κ2) is 8.59. The van der Waals surface area contributed by atoms with Crippen LogP contribution < -0.4 is 5.32 Å². The number of sulfone groups is 1. The van der Waals surface area contributed by atoms with Gasteiger partial charge < -0.3 is 10.1 Å². The summed E-state index contributed by atoms with van der Waals surface area (Å²) in [5.41, 5.74) is 0. The number of carbonyl (C=O) groups excluding carboxylic acids is 1. The van der Waals surface area contributed by atoms with E-state index >= 15 is 0 Å². The van der Waals surface area contributed by atoms with E-state index in [1.807, 2.05) is 0 Å². The van der Waals surface area contributed by atoms with E-state index in [4.69, 9.17) is 4.74 Å². The number of amides is 1. The predicted octanol–water partition coefficient (Wildman–Crippen LogP) is -0.630. The van der Waals surface area contributed by atoms with Gasteiger partial charge in [-0.05, 0) is 25.2 Å². The van der Waals surface area contributed by atoms with Crippen LogP contribution in [-0.4, -0.2) is 77.2 Å². The van der Waals surface area contributed by atoms with Crippen LogP contribution in [0.4, 0.5) is 0 Å². The molecule has 1 atom stereocenters. The average molecular weight is 383 g/mol. The van der Waals surface area contributed by atoms with Gasteiger partial charge in [-0.1, -0.05) is 0 Å². The van der Waals surface area contributed by atoms with Crippen LogP contribution in [0.5, 0.6) is 0 Å². The molecule has 0 saturated carbocycles. The van der Waals surface area contributed by atoms with Gasteiger partial charge in [-0.2, -0.15) is 4.31 Å². The smallest absolute Gasteiger partial charge is 0.221 e. The second-order valence-electron chi connectivity index (χ2n) is 6.34. The van der Waals surface area contributed by atoms with Crippen LogP contribution in [0.25, 0.3) is 0 Å². The first kappa shape index (κ1) is 19.6. The summed E-state index contributed by atoms with van der Waals surface area (Å²) in [5.74, 6) is 0.224. The third kappa shape index (κ3) is 6.30. The Bertz CT molecular complexity index is 626. The van der Waals surface area contributed by atoms with Crippen LogP contribution in [0.3, 0.4) is 0 Å². The summed E-state index contributed by atoms with van der Waals surface area (Å²) in [5, 5.41) is 2.71. The molecule has 0 aromatic heterocycles. The van der Waals surface area contributed by atoms with Crippen molar-refractivity contribution < 1.29 is 26.4 Å². The lowest BCUT2D eigenvalue weighted by atomic mass is 10.0. The Balaban J connectivity index is 1.59. The molecule has 0 aromatic rings. The fraction of sp³-hybridized carbons (Fsp3) is 0.929. The first-order chi connectivity index (χ1) is 11.3. The number of nitrogens with one attached hydrogen (secondary N) is 1. The molecule has 0 aliphatic carbocycles. The molecule has 0 spiro atoms. The first-order valence-corrected chi connectivity index (χ1v) is 11.7. The Labute approximate surface area is 143 Å². The van der Waals surface area contributed by atoms with E-state index in [9.17, 15) is 21.6 Å². The average Bonchev–Trinajstić information content (AvgIpc) is 2.90. The molecule has 2 aliphatic rings.